The molecule has 2 aliphatic rings. The van der Waals surface area contributed by atoms with E-state index in [9.17, 15) is 4.79 Å². The molecule has 1 saturated carbocycles. The Balaban J connectivity index is 1.37. The van der Waals surface area contributed by atoms with Crippen molar-refractivity contribution in [3.05, 3.63) is 40.1 Å². The Hall–Kier alpha value is -2.21. The van der Waals surface area contributed by atoms with E-state index in [2.05, 4.69) is 5.32 Å². The zero-order valence-corrected chi connectivity index (χ0v) is 12.7. The maximum Gasteiger partial charge on any atom is 0.261 e. The molecule has 1 amide bonds. The second-order valence-corrected chi connectivity index (χ2v) is 6.28. The zero-order chi connectivity index (χ0) is 14.9. The molecule has 2 aromatic rings. The normalized spacial score (nSPS) is 15.6. The fraction of sp³-hybridized carbons (Fsp3) is 0.312. The first kappa shape index (κ1) is 13.5. The molecule has 1 fully saturated rings. The molecule has 0 spiro atoms. The van der Waals surface area contributed by atoms with Gasteiger partial charge in [-0.3, -0.25) is 4.79 Å². The molecule has 114 valence electrons. The molecule has 4 rings (SSSR count). The summed E-state index contributed by atoms with van der Waals surface area (Å²) in [5.74, 6) is 2.18. The number of nitrogens with one attached hydrogen (secondary N) is 1. The minimum Gasteiger partial charge on any atom is -0.489 e. The zero-order valence-electron chi connectivity index (χ0n) is 11.8. The minimum atomic E-state index is 0.0156. The van der Waals surface area contributed by atoms with E-state index in [4.69, 9.17) is 14.2 Å². The third-order valence-electron chi connectivity index (χ3n) is 3.54. The van der Waals surface area contributed by atoms with E-state index in [0.29, 0.717) is 18.4 Å². The predicted octanol–water partition coefficient (Wildman–Crippen LogP) is 2.95. The topological polar surface area (TPSA) is 56.8 Å². The monoisotopic (exact) mass is 317 g/mol. The molecular weight excluding hydrogens is 302 g/mol. The van der Waals surface area contributed by atoms with Crippen LogP contribution in [-0.4, -0.2) is 18.7 Å². The van der Waals surface area contributed by atoms with Crippen LogP contribution in [0, 0.1) is 0 Å². The van der Waals surface area contributed by atoms with Crippen LogP contribution >= 0.6 is 11.3 Å². The van der Waals surface area contributed by atoms with E-state index in [1.54, 1.807) is 0 Å². The molecule has 1 aliphatic heterocycles. The Morgan fingerprint density at radius 1 is 1.27 bits per heavy atom. The largest absolute Gasteiger partial charge is 0.489 e. The van der Waals surface area contributed by atoms with Crippen molar-refractivity contribution in [2.75, 3.05) is 6.79 Å². The fourth-order valence-corrected chi connectivity index (χ4v) is 2.99. The summed E-state index contributed by atoms with van der Waals surface area (Å²) in [6, 6.07) is 7.76. The molecule has 22 heavy (non-hydrogen) atoms. The van der Waals surface area contributed by atoms with Crippen LogP contribution < -0.4 is 19.5 Å². The van der Waals surface area contributed by atoms with E-state index >= 15 is 0 Å². The maximum absolute atomic E-state index is 11.9. The summed E-state index contributed by atoms with van der Waals surface area (Å²) in [5.41, 5.74) is 0.989. The third-order valence-corrected chi connectivity index (χ3v) is 4.52. The van der Waals surface area contributed by atoms with E-state index in [1.807, 2.05) is 29.6 Å². The lowest BCUT2D eigenvalue weighted by molar-refractivity contribution is 0.0955. The van der Waals surface area contributed by atoms with Crippen LogP contribution in [-0.2, 0) is 6.61 Å². The van der Waals surface area contributed by atoms with Crippen molar-refractivity contribution in [1.29, 1.82) is 0 Å². The Labute approximate surface area is 131 Å². The molecule has 6 heteroatoms. The lowest BCUT2D eigenvalue weighted by Crippen LogP contribution is -2.24. The first-order chi connectivity index (χ1) is 10.8. The number of rotatable bonds is 5. The third kappa shape index (κ3) is 2.87. The Bertz CT molecular complexity index is 708. The Kier molecular flexibility index (Phi) is 3.38. The molecule has 1 aromatic carbocycles. The van der Waals surface area contributed by atoms with Crippen molar-refractivity contribution in [1.82, 2.24) is 5.32 Å². The Morgan fingerprint density at radius 2 is 2.14 bits per heavy atom. The number of ether oxygens (including phenoxy) is 3. The molecule has 5 nitrogen and oxygen atoms in total. The standard InChI is InChI=1S/C16H15NO4S/c18-16(17-11-1-2-11)15-5-10(8-22-15)7-19-12-3-4-13-14(6-12)21-9-20-13/h3-6,8,11H,1-2,7,9H2,(H,17,18). The van der Waals surface area contributed by atoms with Gasteiger partial charge in [0.25, 0.3) is 5.91 Å². The van der Waals surface area contributed by atoms with Gasteiger partial charge in [0.1, 0.15) is 12.4 Å². The minimum absolute atomic E-state index is 0.0156. The molecular formula is C16H15NO4S. The summed E-state index contributed by atoms with van der Waals surface area (Å²) < 4.78 is 16.3. The summed E-state index contributed by atoms with van der Waals surface area (Å²) in [7, 11) is 0. The second-order valence-electron chi connectivity index (χ2n) is 5.37. The quantitative estimate of drug-likeness (QED) is 0.921. The van der Waals surface area contributed by atoms with E-state index < -0.39 is 0 Å². The SMILES string of the molecule is O=C(NC1CC1)c1cc(COc2ccc3c(c2)OCO3)cs1. The van der Waals surface area contributed by atoms with Gasteiger partial charge in [-0.1, -0.05) is 0 Å². The van der Waals surface area contributed by atoms with Gasteiger partial charge < -0.3 is 19.5 Å². The van der Waals surface area contributed by atoms with Crippen molar-refractivity contribution >= 4 is 17.2 Å². The van der Waals surface area contributed by atoms with Gasteiger partial charge in [-0.05, 0) is 36.4 Å². The number of hydrogen-bond acceptors (Lipinski definition) is 5. The van der Waals surface area contributed by atoms with Crippen LogP contribution in [0.15, 0.2) is 29.6 Å². The van der Waals surface area contributed by atoms with Gasteiger partial charge in [-0.15, -0.1) is 11.3 Å². The molecule has 0 radical (unpaired) electrons. The summed E-state index contributed by atoms with van der Waals surface area (Å²) >= 11 is 1.45. The van der Waals surface area contributed by atoms with Gasteiger partial charge in [-0.2, -0.15) is 0 Å². The maximum atomic E-state index is 11.9. The number of hydrogen-bond donors (Lipinski definition) is 1. The molecule has 1 N–H and O–H groups in total. The lowest BCUT2D eigenvalue weighted by Gasteiger charge is -2.05. The summed E-state index contributed by atoms with van der Waals surface area (Å²) in [6.07, 6.45) is 2.19. The number of benzene rings is 1. The highest BCUT2D eigenvalue weighted by atomic mass is 32.1. The van der Waals surface area contributed by atoms with Crippen molar-refractivity contribution in [2.45, 2.75) is 25.5 Å². The molecule has 2 heterocycles. The smallest absolute Gasteiger partial charge is 0.261 e. The van der Waals surface area contributed by atoms with E-state index in [-0.39, 0.29) is 12.7 Å². The first-order valence-corrected chi connectivity index (χ1v) is 8.06. The second kappa shape index (κ2) is 5.53. The highest BCUT2D eigenvalue weighted by molar-refractivity contribution is 7.12. The molecule has 1 aliphatic carbocycles. The Morgan fingerprint density at radius 3 is 3.00 bits per heavy atom. The number of thiophene rings is 1. The van der Waals surface area contributed by atoms with Crippen molar-refractivity contribution in [3.8, 4) is 17.2 Å². The number of fused-ring (bicyclic) bond motifs is 1. The van der Waals surface area contributed by atoms with Crippen molar-refractivity contribution < 1.29 is 19.0 Å². The molecule has 0 unspecified atom stereocenters. The van der Waals surface area contributed by atoms with E-state index in [0.717, 1.165) is 34.8 Å². The van der Waals surface area contributed by atoms with Crippen LogP contribution in [0.1, 0.15) is 28.1 Å². The van der Waals surface area contributed by atoms with Crippen LogP contribution in [0.4, 0.5) is 0 Å². The van der Waals surface area contributed by atoms with Gasteiger partial charge in [0, 0.05) is 17.7 Å². The van der Waals surface area contributed by atoms with Crippen molar-refractivity contribution in [3.63, 3.8) is 0 Å². The highest BCUT2D eigenvalue weighted by Crippen LogP contribution is 2.35. The van der Waals surface area contributed by atoms with Crippen LogP contribution in [0.5, 0.6) is 17.2 Å². The molecule has 1 aromatic heterocycles. The van der Waals surface area contributed by atoms with Crippen LogP contribution in [0.2, 0.25) is 0 Å². The average Bonchev–Trinajstić information content (AvgIpc) is 3.05. The fourth-order valence-electron chi connectivity index (χ4n) is 2.19. The van der Waals surface area contributed by atoms with Crippen molar-refractivity contribution in [2.24, 2.45) is 0 Å². The summed E-state index contributed by atoms with van der Waals surface area (Å²) in [5, 5.41) is 4.94. The molecule has 0 saturated heterocycles. The van der Waals surface area contributed by atoms with Gasteiger partial charge >= 0.3 is 0 Å². The van der Waals surface area contributed by atoms with Gasteiger partial charge in [0.15, 0.2) is 11.5 Å². The first-order valence-electron chi connectivity index (χ1n) is 7.19. The van der Waals surface area contributed by atoms with Gasteiger partial charge in [0.05, 0.1) is 4.88 Å². The molecule has 0 bridgehead atoms. The molecule has 0 atom stereocenters. The number of carbonyl (C=O) groups is 1. The number of carbonyl (C=O) groups excluding carboxylic acids is 1. The number of amides is 1. The lowest BCUT2D eigenvalue weighted by atomic mass is 10.3. The van der Waals surface area contributed by atoms with Gasteiger partial charge in [-0.25, -0.2) is 0 Å². The average molecular weight is 317 g/mol. The predicted molar refractivity (Wildman–Crippen MR) is 81.7 cm³/mol. The van der Waals surface area contributed by atoms with E-state index in [1.165, 1.54) is 11.3 Å². The summed E-state index contributed by atoms with van der Waals surface area (Å²) in [6.45, 7) is 0.676. The van der Waals surface area contributed by atoms with Crippen LogP contribution in [0.3, 0.4) is 0 Å². The highest BCUT2D eigenvalue weighted by Gasteiger charge is 2.24. The van der Waals surface area contributed by atoms with Crippen LogP contribution in [0.25, 0.3) is 0 Å². The van der Waals surface area contributed by atoms with Gasteiger partial charge in [0.2, 0.25) is 6.79 Å². The summed E-state index contributed by atoms with van der Waals surface area (Å²) in [4.78, 5) is 12.7.